The molecule has 0 saturated carbocycles. The van der Waals surface area contributed by atoms with Gasteiger partial charge in [-0.15, -0.1) is 0 Å². The molecular weight excluding hydrogens is 425 g/mol. The number of nitrogens with zero attached hydrogens (tertiary/aromatic N) is 3. The third-order valence-corrected chi connectivity index (χ3v) is 1.53. The van der Waals surface area contributed by atoms with E-state index in [1.165, 1.54) is 12.1 Å². The van der Waals surface area contributed by atoms with E-state index in [9.17, 15) is 10.4 Å². The first-order chi connectivity index (χ1) is 5.79. The predicted octanol–water partition coefficient (Wildman–Crippen LogP) is -0.706. The Morgan fingerprint density at radius 3 is 2.07 bits per heavy atom. The smallest absolute Gasteiger partial charge is 0.269 e. The van der Waals surface area contributed by atoms with Gasteiger partial charge >= 0.3 is 0 Å². The average Bonchev–Trinajstić information content (AvgIpc) is 2.12. The van der Waals surface area contributed by atoms with Gasteiger partial charge in [0, 0.05) is 109 Å². The molecule has 8 heteroatoms. The second kappa shape index (κ2) is 8.49. The molecule has 15 heavy (non-hydrogen) atoms. The maximum absolute atomic E-state index is 11.0. The number of hydrogen-bond donors (Lipinski definition) is 0. The number of rotatable bonds is 0. The predicted molar refractivity (Wildman–Crippen MR) is 38.5 cm³/mol. The van der Waals surface area contributed by atoms with Gasteiger partial charge in [0.05, 0.1) is 5.52 Å². The van der Waals surface area contributed by atoms with E-state index in [0.717, 1.165) is 0 Å². The van der Waals surface area contributed by atoms with Crippen molar-refractivity contribution in [3.63, 3.8) is 0 Å². The Morgan fingerprint density at radius 2 is 1.53 bits per heavy atom. The summed E-state index contributed by atoms with van der Waals surface area (Å²) in [6.45, 7) is 0. The van der Waals surface area contributed by atoms with E-state index >= 15 is 0 Å². The van der Waals surface area contributed by atoms with Crippen LogP contribution in [0.2, 0.25) is 0 Å². The quantitative estimate of drug-likeness (QED) is 0.316. The Bertz CT molecular complexity index is 400. The van der Waals surface area contributed by atoms with E-state index in [-0.39, 0.29) is 109 Å². The summed E-state index contributed by atoms with van der Waals surface area (Å²) in [6, 6.07) is 6.40. The van der Waals surface area contributed by atoms with Crippen molar-refractivity contribution in [2.45, 2.75) is 0 Å². The standard InChI is InChI=1S/C7H4N3O2.3Y/c11-9-5-8-10(12)7-4-2-1-3-6(7)9;;;/h1-4H;;;/q-1;;;. The summed E-state index contributed by atoms with van der Waals surface area (Å²) in [7, 11) is 0. The molecular formula is C7H4N3O2Y3-. The second-order valence-electron chi connectivity index (χ2n) is 2.26. The van der Waals surface area contributed by atoms with Crippen LogP contribution in [-0.4, -0.2) is 5.10 Å². The van der Waals surface area contributed by atoms with E-state index in [4.69, 9.17) is 0 Å². The largest absolute Gasteiger partial charge is 0.742 e. The second-order valence-corrected chi connectivity index (χ2v) is 2.26. The minimum atomic E-state index is 0. The summed E-state index contributed by atoms with van der Waals surface area (Å²) in [4.78, 5) is 0.365. The third kappa shape index (κ3) is 4.29. The molecule has 0 N–H and O–H groups in total. The van der Waals surface area contributed by atoms with Crippen LogP contribution in [0.4, 0.5) is 0 Å². The fourth-order valence-corrected chi connectivity index (χ4v) is 0.987. The summed E-state index contributed by atoms with van der Waals surface area (Å²) in [5.41, 5.74) is 0.508. The van der Waals surface area contributed by atoms with Crippen molar-refractivity contribution in [3.05, 3.63) is 41.0 Å². The summed E-state index contributed by atoms with van der Waals surface area (Å²) in [5, 5.41) is 25.1. The van der Waals surface area contributed by atoms with Crippen LogP contribution in [0.3, 0.4) is 0 Å². The van der Waals surface area contributed by atoms with Crippen LogP contribution < -0.4 is 9.58 Å². The van der Waals surface area contributed by atoms with E-state index in [1.807, 2.05) is 6.33 Å². The maximum atomic E-state index is 11.0. The molecule has 0 amide bonds. The van der Waals surface area contributed by atoms with Crippen LogP contribution in [0, 0.1) is 16.7 Å². The normalized spacial score (nSPS) is 8.27. The summed E-state index contributed by atoms with van der Waals surface area (Å²) in [5.74, 6) is 0. The number of benzene rings is 1. The maximum Gasteiger partial charge on any atom is 0.269 e. The monoisotopic (exact) mass is 429 g/mol. The van der Waals surface area contributed by atoms with Gasteiger partial charge in [-0.05, 0) is 0 Å². The van der Waals surface area contributed by atoms with Crippen molar-refractivity contribution in [3.8, 4) is 0 Å². The van der Waals surface area contributed by atoms with Crippen LogP contribution in [0.1, 0.15) is 0 Å². The van der Waals surface area contributed by atoms with Gasteiger partial charge in [0.15, 0.2) is 0 Å². The van der Waals surface area contributed by atoms with E-state index in [0.29, 0.717) is 9.58 Å². The number of aromatic nitrogens is 3. The number of para-hydroxylation sites is 2. The molecule has 1 aromatic carbocycles. The number of hydrogen-bond acceptors (Lipinski definition) is 3. The minimum Gasteiger partial charge on any atom is -0.742 e. The molecule has 1 heterocycles. The van der Waals surface area contributed by atoms with Crippen LogP contribution in [0.5, 0.6) is 0 Å². The summed E-state index contributed by atoms with van der Waals surface area (Å²) < 4.78 is 0.434. The molecule has 69 valence electrons. The molecule has 3 radical (unpaired) electrons. The molecule has 0 aliphatic rings. The first-order valence-electron chi connectivity index (χ1n) is 3.29. The van der Waals surface area contributed by atoms with Crippen molar-refractivity contribution >= 4 is 11.0 Å². The van der Waals surface area contributed by atoms with Crippen LogP contribution in [0.15, 0.2) is 24.3 Å². The first-order valence-corrected chi connectivity index (χ1v) is 3.29. The van der Waals surface area contributed by atoms with E-state index < -0.39 is 0 Å². The molecule has 0 aliphatic heterocycles. The fraction of sp³-hybridized carbons (Fsp3) is 0. The zero-order valence-electron chi connectivity index (χ0n) is 7.70. The molecule has 2 rings (SSSR count). The van der Waals surface area contributed by atoms with Crippen LogP contribution in [-0.2, 0) is 98.1 Å². The molecule has 0 fully saturated rings. The van der Waals surface area contributed by atoms with Crippen molar-refractivity contribution in [1.29, 1.82) is 0 Å². The van der Waals surface area contributed by atoms with Crippen molar-refractivity contribution < 1.29 is 108 Å². The zero-order chi connectivity index (χ0) is 8.55. The van der Waals surface area contributed by atoms with Crippen molar-refractivity contribution in [1.82, 2.24) is 5.10 Å². The van der Waals surface area contributed by atoms with Crippen molar-refractivity contribution in [2.75, 3.05) is 0 Å². The Kier molecular flexibility index (Phi) is 10.6. The fourth-order valence-electron chi connectivity index (χ4n) is 0.987. The molecule has 1 aromatic heterocycles. The molecule has 0 unspecified atom stereocenters. The minimum absolute atomic E-state index is 0. The average molecular weight is 429 g/mol. The van der Waals surface area contributed by atoms with Crippen molar-refractivity contribution in [2.24, 2.45) is 0 Å². The van der Waals surface area contributed by atoms with E-state index in [1.54, 1.807) is 12.1 Å². The van der Waals surface area contributed by atoms with Gasteiger partial charge in [-0.3, -0.25) is 0 Å². The molecule has 2 aromatic rings. The van der Waals surface area contributed by atoms with Gasteiger partial charge in [-0.2, -0.15) is 0 Å². The van der Waals surface area contributed by atoms with Gasteiger partial charge in [0.1, 0.15) is 5.10 Å². The molecule has 0 saturated heterocycles. The SMILES string of the molecule is [O-][n+]1[c-]n[n+]([O-])c2ccccc21.[Y].[Y].[Y]. The zero-order valence-corrected chi connectivity index (χ0v) is 16.2. The Morgan fingerprint density at radius 1 is 1.00 bits per heavy atom. The Hall–Kier alpha value is 1.40. The van der Waals surface area contributed by atoms with Crippen LogP contribution in [0.25, 0.3) is 11.0 Å². The third-order valence-electron chi connectivity index (χ3n) is 1.53. The first kappa shape index (κ1) is 18.8. The molecule has 0 bridgehead atoms. The molecule has 0 aliphatic carbocycles. The summed E-state index contributed by atoms with van der Waals surface area (Å²) >= 11 is 0. The molecule has 5 nitrogen and oxygen atoms in total. The molecule has 0 spiro atoms. The van der Waals surface area contributed by atoms with Gasteiger partial charge in [0.2, 0.25) is 5.52 Å². The van der Waals surface area contributed by atoms with Gasteiger partial charge in [0.25, 0.3) is 6.33 Å². The number of fused-ring (bicyclic) bond motifs is 1. The topological polar surface area (TPSA) is 66.8 Å². The van der Waals surface area contributed by atoms with Crippen LogP contribution >= 0.6 is 0 Å². The summed E-state index contributed by atoms with van der Waals surface area (Å²) in [6.07, 6.45) is 2.00. The van der Waals surface area contributed by atoms with Gasteiger partial charge in [-0.25, -0.2) is 0 Å². The molecule has 0 atom stereocenters. The Labute approximate surface area is 162 Å². The van der Waals surface area contributed by atoms with Gasteiger partial charge < -0.3 is 15.1 Å². The Balaban J connectivity index is 0. The van der Waals surface area contributed by atoms with Gasteiger partial charge in [-0.1, -0.05) is 18.2 Å². The van der Waals surface area contributed by atoms with E-state index in [2.05, 4.69) is 5.10 Å².